The lowest BCUT2D eigenvalue weighted by atomic mass is 10.2. The highest BCUT2D eigenvalue weighted by Gasteiger charge is 2.12. The molecule has 0 radical (unpaired) electrons. The number of aldehydes is 1. The summed E-state index contributed by atoms with van der Waals surface area (Å²) in [6.07, 6.45) is 2.26. The van der Waals surface area contributed by atoms with Crippen molar-refractivity contribution in [2.24, 2.45) is 20.5 Å². The monoisotopic (exact) mass is 490 g/mol. The van der Waals surface area contributed by atoms with E-state index in [1.165, 1.54) is 38.5 Å². The number of hydrogen-bond acceptors (Lipinski definition) is 10. The van der Waals surface area contributed by atoms with E-state index in [1.54, 1.807) is 12.1 Å². The summed E-state index contributed by atoms with van der Waals surface area (Å²) in [6.45, 7) is 0.782. The second-order valence-corrected chi connectivity index (χ2v) is 7.62. The number of methoxy groups -OCH3 is 2. The Hall–Kier alpha value is -4.67. The van der Waals surface area contributed by atoms with Crippen LogP contribution in [-0.2, 0) is 4.79 Å². The number of nitrogens with zero attached hydrogens (tertiary/aromatic N) is 6. The van der Waals surface area contributed by atoms with Gasteiger partial charge in [-0.3, -0.25) is 10.1 Å². The fourth-order valence-corrected chi connectivity index (χ4v) is 3.20. The van der Waals surface area contributed by atoms with Crippen LogP contribution in [0.15, 0.2) is 81.1 Å². The maximum atomic E-state index is 10.8. The third-order valence-electron chi connectivity index (χ3n) is 5.19. The summed E-state index contributed by atoms with van der Waals surface area (Å²) in [7, 11) is 4.98. The van der Waals surface area contributed by atoms with E-state index in [2.05, 4.69) is 25.4 Å². The number of carbonyl (C=O) groups excluding carboxylic acids is 1. The lowest BCUT2D eigenvalue weighted by molar-refractivity contribution is -0.384. The van der Waals surface area contributed by atoms with Gasteiger partial charge in [0.2, 0.25) is 0 Å². The molecule has 11 nitrogen and oxygen atoms in total. The number of carbonyl (C=O) groups is 1. The Kier molecular flexibility index (Phi) is 9.15. The molecule has 0 saturated carbocycles. The van der Waals surface area contributed by atoms with E-state index in [0.29, 0.717) is 40.7 Å². The SMILES string of the molecule is COc1cc(N=Nc2ccc([N+](=O)[O-])cc2)c(OC)cc1N=Nc1ccc(N(C)CCCC=O)cc1. The Labute approximate surface area is 208 Å². The Morgan fingerprint density at radius 1 is 0.861 bits per heavy atom. The first-order chi connectivity index (χ1) is 17.4. The highest BCUT2D eigenvalue weighted by molar-refractivity contribution is 5.66. The van der Waals surface area contributed by atoms with Gasteiger partial charge in [-0.25, -0.2) is 0 Å². The van der Waals surface area contributed by atoms with Gasteiger partial charge in [0.25, 0.3) is 5.69 Å². The number of nitro benzene ring substituents is 1. The molecule has 0 aliphatic carbocycles. The molecular formula is C25H26N6O5. The fraction of sp³-hybridized carbons (Fsp3) is 0.240. The third-order valence-corrected chi connectivity index (χ3v) is 5.19. The van der Waals surface area contributed by atoms with Gasteiger partial charge in [-0.15, -0.1) is 10.2 Å². The predicted octanol–water partition coefficient (Wildman–Crippen LogP) is 6.86. The Morgan fingerprint density at radius 3 is 1.81 bits per heavy atom. The zero-order chi connectivity index (χ0) is 25.9. The van der Waals surface area contributed by atoms with Gasteiger partial charge in [0, 0.05) is 50.0 Å². The third kappa shape index (κ3) is 6.92. The number of unbranched alkanes of at least 4 members (excludes halogenated alkanes) is 1. The van der Waals surface area contributed by atoms with Crippen LogP contribution in [0, 0.1) is 10.1 Å². The van der Waals surface area contributed by atoms with E-state index in [1.807, 2.05) is 31.3 Å². The normalized spacial score (nSPS) is 11.1. The lowest BCUT2D eigenvalue weighted by Crippen LogP contribution is -2.18. The van der Waals surface area contributed by atoms with Crippen molar-refractivity contribution in [1.29, 1.82) is 0 Å². The minimum atomic E-state index is -0.479. The lowest BCUT2D eigenvalue weighted by Gasteiger charge is -2.18. The quantitative estimate of drug-likeness (QED) is 0.0896. The van der Waals surface area contributed by atoms with Crippen LogP contribution < -0.4 is 14.4 Å². The molecule has 0 spiro atoms. The van der Waals surface area contributed by atoms with Gasteiger partial charge in [-0.1, -0.05) is 0 Å². The first-order valence-corrected chi connectivity index (χ1v) is 11.0. The average molecular weight is 491 g/mol. The summed E-state index contributed by atoms with van der Waals surface area (Å²) < 4.78 is 10.9. The van der Waals surface area contributed by atoms with E-state index in [0.717, 1.165) is 24.9 Å². The van der Waals surface area contributed by atoms with Crippen molar-refractivity contribution < 1.29 is 19.2 Å². The number of ether oxygens (including phenoxy) is 2. The average Bonchev–Trinajstić information content (AvgIpc) is 2.91. The second kappa shape index (κ2) is 12.7. The molecule has 11 heteroatoms. The number of non-ortho nitro benzene ring substituents is 1. The first-order valence-electron chi connectivity index (χ1n) is 11.0. The molecule has 186 valence electrons. The summed E-state index contributed by atoms with van der Waals surface area (Å²) >= 11 is 0. The van der Waals surface area contributed by atoms with Crippen molar-refractivity contribution in [3.05, 3.63) is 70.8 Å². The van der Waals surface area contributed by atoms with Crippen LogP contribution in [-0.4, -0.2) is 39.0 Å². The molecule has 0 aliphatic rings. The Morgan fingerprint density at radius 2 is 1.36 bits per heavy atom. The first kappa shape index (κ1) is 25.9. The van der Waals surface area contributed by atoms with Crippen LogP contribution in [0.3, 0.4) is 0 Å². The molecule has 0 bridgehead atoms. The van der Waals surface area contributed by atoms with E-state index in [4.69, 9.17) is 9.47 Å². The van der Waals surface area contributed by atoms with Crippen molar-refractivity contribution in [2.75, 3.05) is 32.7 Å². The smallest absolute Gasteiger partial charge is 0.269 e. The van der Waals surface area contributed by atoms with Crippen molar-refractivity contribution in [1.82, 2.24) is 0 Å². The van der Waals surface area contributed by atoms with Gasteiger partial charge < -0.3 is 19.2 Å². The zero-order valence-corrected chi connectivity index (χ0v) is 20.2. The van der Waals surface area contributed by atoms with E-state index < -0.39 is 4.92 Å². The number of benzene rings is 3. The maximum Gasteiger partial charge on any atom is 0.269 e. The molecule has 0 N–H and O–H groups in total. The van der Waals surface area contributed by atoms with Gasteiger partial charge in [-0.05, 0) is 42.8 Å². The summed E-state index contributed by atoms with van der Waals surface area (Å²) in [4.78, 5) is 22.9. The molecule has 0 aromatic heterocycles. The van der Waals surface area contributed by atoms with Gasteiger partial charge in [0.05, 0.1) is 30.5 Å². The molecule has 0 saturated heterocycles. The standard InChI is InChI=1S/C25H26N6O5/c1-30(14-4-5-15-32)20-10-6-18(7-11-20)26-28-22-16-25(36-3)23(17-24(22)35-2)29-27-19-8-12-21(13-9-19)31(33)34/h6-13,15-17H,4-5,14H2,1-3H3. The molecule has 0 fully saturated rings. The molecule has 36 heavy (non-hydrogen) atoms. The van der Waals surface area contributed by atoms with Gasteiger partial charge in [0.1, 0.15) is 29.2 Å². The summed E-state index contributed by atoms with van der Waals surface area (Å²) in [5.41, 5.74) is 2.93. The zero-order valence-electron chi connectivity index (χ0n) is 20.2. The molecule has 0 atom stereocenters. The molecule has 0 unspecified atom stereocenters. The van der Waals surface area contributed by atoms with Crippen LogP contribution in [0.1, 0.15) is 12.8 Å². The molecule has 3 aromatic carbocycles. The van der Waals surface area contributed by atoms with Crippen molar-refractivity contribution in [3.63, 3.8) is 0 Å². The molecule has 0 heterocycles. The fourth-order valence-electron chi connectivity index (χ4n) is 3.20. The number of nitro groups is 1. The highest BCUT2D eigenvalue weighted by Crippen LogP contribution is 2.41. The molecular weight excluding hydrogens is 464 g/mol. The van der Waals surface area contributed by atoms with Crippen LogP contribution in [0.2, 0.25) is 0 Å². The van der Waals surface area contributed by atoms with E-state index in [-0.39, 0.29) is 5.69 Å². The van der Waals surface area contributed by atoms with E-state index >= 15 is 0 Å². The number of hydrogen-bond donors (Lipinski definition) is 0. The Bertz CT molecular complexity index is 1240. The predicted molar refractivity (Wildman–Crippen MR) is 136 cm³/mol. The molecule has 0 aliphatic heterocycles. The number of anilines is 1. The largest absolute Gasteiger partial charge is 0.494 e. The van der Waals surface area contributed by atoms with Gasteiger partial charge in [0.15, 0.2) is 0 Å². The topological polar surface area (TPSA) is 131 Å². The van der Waals surface area contributed by atoms with Crippen molar-refractivity contribution in [2.45, 2.75) is 12.8 Å². The molecule has 3 aromatic rings. The number of azo groups is 2. The second-order valence-electron chi connectivity index (χ2n) is 7.62. The van der Waals surface area contributed by atoms with Gasteiger partial charge in [-0.2, -0.15) is 10.2 Å². The maximum absolute atomic E-state index is 10.8. The number of rotatable bonds is 12. The minimum Gasteiger partial charge on any atom is -0.494 e. The minimum absolute atomic E-state index is 0.0285. The van der Waals surface area contributed by atoms with Crippen LogP contribution in [0.25, 0.3) is 0 Å². The summed E-state index contributed by atoms with van der Waals surface area (Å²) in [5, 5.41) is 27.7. The van der Waals surface area contributed by atoms with Crippen molar-refractivity contribution in [3.8, 4) is 11.5 Å². The van der Waals surface area contributed by atoms with Crippen LogP contribution in [0.4, 0.5) is 34.1 Å². The summed E-state index contributed by atoms with van der Waals surface area (Å²) in [5.74, 6) is 0.825. The van der Waals surface area contributed by atoms with E-state index in [9.17, 15) is 14.9 Å². The van der Waals surface area contributed by atoms with Crippen molar-refractivity contribution >= 4 is 40.4 Å². The Balaban J connectivity index is 1.77. The molecule has 3 rings (SSSR count). The molecule has 0 amide bonds. The highest BCUT2D eigenvalue weighted by atomic mass is 16.6. The van der Waals surface area contributed by atoms with Crippen LogP contribution in [0.5, 0.6) is 11.5 Å². The van der Waals surface area contributed by atoms with Gasteiger partial charge >= 0.3 is 0 Å². The summed E-state index contributed by atoms with van der Waals surface area (Å²) in [6, 6.07) is 16.6. The van der Waals surface area contributed by atoms with Crippen LogP contribution >= 0.6 is 0 Å².